The summed E-state index contributed by atoms with van der Waals surface area (Å²) in [6.07, 6.45) is 3.85. The molecule has 0 aromatic heterocycles. The zero-order valence-corrected chi connectivity index (χ0v) is 12.2. The average molecular weight is 280 g/mol. The molecule has 0 saturated carbocycles. The van der Waals surface area contributed by atoms with Crippen molar-refractivity contribution in [3.8, 4) is 0 Å². The highest BCUT2D eigenvalue weighted by Gasteiger charge is 2.54. The van der Waals surface area contributed by atoms with Crippen LogP contribution in [0.5, 0.6) is 0 Å². The van der Waals surface area contributed by atoms with Gasteiger partial charge in [0, 0.05) is 5.41 Å². The van der Waals surface area contributed by atoms with Crippen molar-refractivity contribution >= 4 is 11.9 Å². The molecule has 1 aliphatic rings. The molecule has 1 saturated heterocycles. The number of aliphatic hydroxyl groups excluding tert-OH is 1. The number of esters is 2. The van der Waals surface area contributed by atoms with E-state index in [0.717, 1.165) is 0 Å². The molecule has 110 valence electrons. The van der Waals surface area contributed by atoms with Gasteiger partial charge in [-0.15, -0.1) is 0 Å². The number of carbonyl (C=O) groups is 2. The Morgan fingerprint density at radius 3 is 2.45 bits per heavy atom. The van der Waals surface area contributed by atoms with Gasteiger partial charge in [-0.3, -0.25) is 4.79 Å². The lowest BCUT2D eigenvalue weighted by Gasteiger charge is -2.36. The lowest BCUT2D eigenvalue weighted by atomic mass is 9.71. The third kappa shape index (κ3) is 2.61. The first-order valence-electron chi connectivity index (χ1n) is 6.20. The van der Waals surface area contributed by atoms with Gasteiger partial charge in [-0.25, -0.2) is 4.79 Å². The van der Waals surface area contributed by atoms with E-state index in [4.69, 9.17) is 9.84 Å². The molecule has 0 aromatic rings. The van der Waals surface area contributed by atoms with Crippen LogP contribution >= 0.6 is 0 Å². The molecule has 20 heavy (non-hydrogen) atoms. The van der Waals surface area contributed by atoms with Gasteiger partial charge in [0.25, 0.3) is 0 Å². The predicted molar refractivity (Wildman–Crippen MR) is 73.9 cm³/mol. The monoisotopic (exact) mass is 280 g/mol. The Hall–Kier alpha value is -2.04. The summed E-state index contributed by atoms with van der Waals surface area (Å²) in [6, 6.07) is 0. The van der Waals surface area contributed by atoms with E-state index in [1.54, 1.807) is 13.0 Å². The van der Waals surface area contributed by atoms with Gasteiger partial charge in [0.15, 0.2) is 5.60 Å². The van der Waals surface area contributed by atoms with Crippen LogP contribution in [0, 0.1) is 5.41 Å². The number of aliphatic hydroxyl groups is 1. The van der Waals surface area contributed by atoms with E-state index < -0.39 is 17.0 Å². The quantitative estimate of drug-likeness (QED) is 0.281. The number of hydrogen-bond donors (Lipinski definition) is 1. The van der Waals surface area contributed by atoms with E-state index in [1.165, 1.54) is 13.2 Å². The third-order valence-corrected chi connectivity index (χ3v) is 3.56. The molecule has 1 N–H and O–H groups in total. The van der Waals surface area contributed by atoms with Crippen molar-refractivity contribution in [2.24, 2.45) is 5.41 Å². The van der Waals surface area contributed by atoms with E-state index in [-0.39, 0.29) is 18.0 Å². The van der Waals surface area contributed by atoms with Crippen molar-refractivity contribution in [1.82, 2.24) is 0 Å². The van der Waals surface area contributed by atoms with Gasteiger partial charge in [-0.1, -0.05) is 20.4 Å². The number of cyclic esters (lactones) is 1. The predicted octanol–water partition coefficient (Wildman–Crippen LogP) is 2.45. The van der Waals surface area contributed by atoms with Crippen LogP contribution in [0.15, 0.2) is 36.1 Å². The van der Waals surface area contributed by atoms with Crippen molar-refractivity contribution in [3.63, 3.8) is 0 Å². The molecule has 0 spiro atoms. The Morgan fingerprint density at radius 2 is 2.10 bits per heavy atom. The highest BCUT2D eigenvalue weighted by Crippen LogP contribution is 2.48. The fourth-order valence-electron chi connectivity index (χ4n) is 2.40. The minimum absolute atomic E-state index is 0.0353. The molecule has 0 radical (unpaired) electrons. The van der Waals surface area contributed by atoms with Crippen molar-refractivity contribution < 1.29 is 24.2 Å². The molecule has 1 fully saturated rings. The van der Waals surface area contributed by atoms with Crippen LogP contribution in [-0.2, 0) is 19.1 Å². The zero-order valence-electron chi connectivity index (χ0n) is 12.2. The molecular formula is C15H20O5. The second kappa shape index (κ2) is 5.53. The largest absolute Gasteiger partial charge is 0.515 e. The Bertz CT molecular complexity index is 498. The maximum atomic E-state index is 11.6. The van der Waals surface area contributed by atoms with Crippen LogP contribution in [0.4, 0.5) is 0 Å². The molecule has 0 aromatic carbocycles. The molecule has 1 unspecified atom stereocenters. The normalized spacial score (nSPS) is 25.6. The molecule has 5 heteroatoms. The highest BCUT2D eigenvalue weighted by atomic mass is 16.6. The summed E-state index contributed by atoms with van der Waals surface area (Å²) < 4.78 is 9.98. The Kier molecular flexibility index (Phi) is 4.43. The summed E-state index contributed by atoms with van der Waals surface area (Å²) >= 11 is 0. The third-order valence-electron chi connectivity index (χ3n) is 3.56. The number of ether oxygens (including phenoxy) is 2. The van der Waals surface area contributed by atoms with Gasteiger partial charge in [-0.05, 0) is 24.6 Å². The fourth-order valence-corrected chi connectivity index (χ4v) is 2.40. The van der Waals surface area contributed by atoms with Gasteiger partial charge in [0.05, 0.1) is 25.4 Å². The number of hydrogen-bond acceptors (Lipinski definition) is 5. The highest BCUT2D eigenvalue weighted by molar-refractivity contribution is 5.91. The second-order valence-corrected chi connectivity index (χ2v) is 5.46. The maximum absolute atomic E-state index is 11.6. The van der Waals surface area contributed by atoms with Gasteiger partial charge < -0.3 is 14.6 Å². The second-order valence-electron chi connectivity index (χ2n) is 5.46. The summed E-state index contributed by atoms with van der Waals surface area (Å²) in [7, 11) is 1.22. The Morgan fingerprint density at radius 1 is 1.50 bits per heavy atom. The molecule has 1 rings (SSSR count). The number of methoxy groups -OCH3 is 1. The van der Waals surface area contributed by atoms with Gasteiger partial charge >= 0.3 is 11.9 Å². The van der Waals surface area contributed by atoms with Crippen LogP contribution in [0.1, 0.15) is 27.2 Å². The van der Waals surface area contributed by atoms with E-state index in [2.05, 4.69) is 11.3 Å². The van der Waals surface area contributed by atoms with Crippen molar-refractivity contribution in [2.45, 2.75) is 32.8 Å². The lowest BCUT2D eigenvalue weighted by molar-refractivity contribution is -0.144. The van der Waals surface area contributed by atoms with Crippen LogP contribution in [-0.4, -0.2) is 29.8 Å². The van der Waals surface area contributed by atoms with E-state index >= 15 is 0 Å². The molecule has 0 aliphatic carbocycles. The summed E-state index contributed by atoms with van der Waals surface area (Å²) in [5.74, 6) is -1.00. The SMILES string of the molecule is C=C(C)C1(/C=C/C(=C\O)C(=O)OC)OC(=O)CC1(C)C. The average Bonchev–Trinajstić information content (AvgIpc) is 2.59. The molecule has 1 aliphatic heterocycles. The fraction of sp³-hybridized carbons (Fsp3) is 0.467. The van der Waals surface area contributed by atoms with Crippen LogP contribution < -0.4 is 0 Å². The molecule has 5 nitrogen and oxygen atoms in total. The van der Waals surface area contributed by atoms with E-state index in [0.29, 0.717) is 11.8 Å². The first-order valence-corrected chi connectivity index (χ1v) is 6.20. The molecule has 0 amide bonds. The zero-order chi connectivity index (χ0) is 15.6. The standard InChI is InChI=1S/C15H20O5/c1-10(2)15(14(3,4)8-12(17)20-15)7-6-11(9-16)13(18)19-5/h6-7,9,16H,1,8H2,2-5H3/b7-6+,11-9+. The van der Waals surface area contributed by atoms with E-state index in [1.807, 2.05) is 13.8 Å². The molecule has 0 bridgehead atoms. The minimum Gasteiger partial charge on any atom is -0.515 e. The van der Waals surface area contributed by atoms with Crippen LogP contribution in [0.3, 0.4) is 0 Å². The van der Waals surface area contributed by atoms with Gasteiger partial charge in [0.1, 0.15) is 0 Å². The smallest absolute Gasteiger partial charge is 0.340 e. The van der Waals surface area contributed by atoms with Crippen LogP contribution in [0.25, 0.3) is 0 Å². The Balaban J connectivity index is 3.21. The van der Waals surface area contributed by atoms with Gasteiger partial charge in [-0.2, -0.15) is 0 Å². The summed E-state index contributed by atoms with van der Waals surface area (Å²) in [5.41, 5.74) is -0.895. The van der Waals surface area contributed by atoms with Crippen LogP contribution in [0.2, 0.25) is 0 Å². The number of carbonyl (C=O) groups excluding carboxylic acids is 2. The first-order chi connectivity index (χ1) is 9.20. The molecule has 1 heterocycles. The van der Waals surface area contributed by atoms with E-state index in [9.17, 15) is 9.59 Å². The summed E-state index contributed by atoms with van der Waals surface area (Å²) in [4.78, 5) is 23.0. The Labute approximate surface area is 118 Å². The number of rotatable bonds is 4. The molecular weight excluding hydrogens is 260 g/mol. The summed E-state index contributed by atoms with van der Waals surface area (Å²) in [5, 5.41) is 9.06. The lowest BCUT2D eigenvalue weighted by Crippen LogP contribution is -2.40. The maximum Gasteiger partial charge on any atom is 0.340 e. The van der Waals surface area contributed by atoms with Crippen molar-refractivity contribution in [1.29, 1.82) is 0 Å². The molecule has 1 atom stereocenters. The van der Waals surface area contributed by atoms with Crippen molar-refractivity contribution in [3.05, 3.63) is 36.1 Å². The minimum atomic E-state index is -1.01. The topological polar surface area (TPSA) is 72.8 Å². The van der Waals surface area contributed by atoms with Crippen molar-refractivity contribution in [2.75, 3.05) is 7.11 Å². The summed E-state index contributed by atoms with van der Waals surface area (Å²) in [6.45, 7) is 9.41. The first kappa shape index (κ1) is 16.0. The van der Waals surface area contributed by atoms with Gasteiger partial charge in [0.2, 0.25) is 0 Å².